The first kappa shape index (κ1) is 13.1. The van der Waals surface area contributed by atoms with Crippen LogP contribution in [0.4, 0.5) is 0 Å². The smallest absolute Gasteiger partial charge is 0.104 e. The van der Waals surface area contributed by atoms with E-state index in [0.29, 0.717) is 22.3 Å². The van der Waals surface area contributed by atoms with Gasteiger partial charge in [-0.1, -0.05) is 35.3 Å². The minimum absolute atomic E-state index is 0.392. The first-order valence-electron chi connectivity index (χ1n) is 5.46. The van der Waals surface area contributed by atoms with Gasteiger partial charge in [-0.05, 0) is 12.1 Å². The molecule has 1 aromatic carbocycles. The van der Waals surface area contributed by atoms with Crippen molar-refractivity contribution < 1.29 is 14.2 Å². The van der Waals surface area contributed by atoms with Crippen LogP contribution in [-0.4, -0.2) is 38.6 Å². The predicted molar refractivity (Wildman–Crippen MR) is 66.8 cm³/mol. The van der Waals surface area contributed by atoms with Gasteiger partial charge < -0.3 is 14.2 Å². The van der Waals surface area contributed by atoms with Crippen LogP contribution in [0.25, 0.3) is 0 Å². The van der Waals surface area contributed by atoms with E-state index in [-0.39, 0.29) is 0 Å². The molecule has 2 fully saturated rings. The molecule has 1 aromatic rings. The summed E-state index contributed by atoms with van der Waals surface area (Å²) in [6.45, 7) is 3.26. The summed E-state index contributed by atoms with van der Waals surface area (Å²) in [5.74, 6) is 0. The lowest BCUT2D eigenvalue weighted by atomic mass is 10.4. The van der Waals surface area contributed by atoms with Crippen LogP contribution >= 0.6 is 23.2 Å². The third-order valence-corrected chi connectivity index (χ3v) is 2.99. The highest BCUT2D eigenvalue weighted by molar-refractivity contribution is 6.41. The second-order valence-corrected chi connectivity index (χ2v) is 4.68. The first-order chi connectivity index (χ1) is 8.25. The molecule has 2 aliphatic heterocycles. The number of benzene rings is 1. The van der Waals surface area contributed by atoms with Crippen LogP contribution < -0.4 is 0 Å². The molecule has 2 atom stereocenters. The van der Waals surface area contributed by atoms with Gasteiger partial charge in [0, 0.05) is 0 Å². The molecule has 0 saturated carbocycles. The van der Waals surface area contributed by atoms with Gasteiger partial charge in [0.25, 0.3) is 0 Å². The summed E-state index contributed by atoms with van der Waals surface area (Å²) in [7, 11) is 0. The van der Waals surface area contributed by atoms with E-state index in [1.165, 1.54) is 0 Å². The standard InChI is InChI=1S/C6H4Cl2.C6H10O3/c7-5-3-1-2-4-6(5)8;1(5-3-8-5)7-2-6-4-9-6/h1-4H;5-6H,1-4H2. The van der Waals surface area contributed by atoms with Crippen molar-refractivity contribution in [2.75, 3.05) is 26.4 Å². The average molecular weight is 277 g/mol. The van der Waals surface area contributed by atoms with E-state index in [0.717, 1.165) is 26.4 Å². The first-order valence-corrected chi connectivity index (χ1v) is 6.22. The molecule has 3 nitrogen and oxygen atoms in total. The van der Waals surface area contributed by atoms with Gasteiger partial charge in [-0.2, -0.15) is 0 Å². The molecule has 0 amide bonds. The van der Waals surface area contributed by atoms with Crippen LogP contribution in [0, 0.1) is 0 Å². The summed E-state index contributed by atoms with van der Waals surface area (Å²) < 4.78 is 15.1. The largest absolute Gasteiger partial charge is 0.376 e. The normalized spacial score (nSPS) is 24.8. The molecule has 0 spiro atoms. The van der Waals surface area contributed by atoms with Gasteiger partial charge in [-0.15, -0.1) is 0 Å². The van der Waals surface area contributed by atoms with Gasteiger partial charge in [-0.3, -0.25) is 0 Å². The number of ether oxygens (including phenoxy) is 3. The van der Waals surface area contributed by atoms with Crippen molar-refractivity contribution in [3.63, 3.8) is 0 Å². The van der Waals surface area contributed by atoms with Crippen LogP contribution in [-0.2, 0) is 14.2 Å². The zero-order valence-electron chi connectivity index (χ0n) is 9.27. The Bertz CT molecular complexity index is 318. The highest BCUT2D eigenvalue weighted by atomic mass is 35.5. The second-order valence-electron chi connectivity index (χ2n) is 3.86. The third kappa shape index (κ3) is 5.70. The summed E-state index contributed by atoms with van der Waals surface area (Å²) in [6.07, 6.45) is 0.785. The monoisotopic (exact) mass is 276 g/mol. The molecular weight excluding hydrogens is 263 g/mol. The quantitative estimate of drug-likeness (QED) is 0.794. The number of halogens is 2. The molecule has 2 aliphatic rings. The average Bonchev–Trinajstić information content (AvgIpc) is 3.16. The Morgan fingerprint density at radius 2 is 1.41 bits per heavy atom. The molecule has 0 bridgehead atoms. The van der Waals surface area contributed by atoms with Gasteiger partial charge in [0.15, 0.2) is 0 Å². The molecule has 17 heavy (non-hydrogen) atoms. The van der Waals surface area contributed by atoms with Crippen molar-refractivity contribution >= 4 is 23.2 Å². The van der Waals surface area contributed by atoms with E-state index in [4.69, 9.17) is 37.4 Å². The minimum atomic E-state index is 0.392. The Balaban J connectivity index is 0.000000128. The summed E-state index contributed by atoms with van der Waals surface area (Å²) >= 11 is 11.2. The Kier molecular flexibility index (Phi) is 5.07. The molecule has 0 N–H and O–H groups in total. The molecule has 94 valence electrons. The maximum Gasteiger partial charge on any atom is 0.104 e. The topological polar surface area (TPSA) is 34.3 Å². The van der Waals surface area contributed by atoms with Gasteiger partial charge in [0.1, 0.15) is 12.2 Å². The van der Waals surface area contributed by atoms with Gasteiger partial charge in [0.05, 0.1) is 36.5 Å². The highest BCUT2D eigenvalue weighted by Gasteiger charge is 2.26. The number of hydrogen-bond acceptors (Lipinski definition) is 3. The zero-order chi connectivity index (χ0) is 12.1. The number of hydrogen-bond donors (Lipinski definition) is 0. The maximum absolute atomic E-state index is 5.58. The van der Waals surface area contributed by atoms with Crippen LogP contribution in [0.5, 0.6) is 0 Å². The van der Waals surface area contributed by atoms with Crippen molar-refractivity contribution in [2.24, 2.45) is 0 Å². The second kappa shape index (κ2) is 6.57. The molecule has 2 unspecified atom stereocenters. The highest BCUT2D eigenvalue weighted by Crippen LogP contribution is 2.19. The van der Waals surface area contributed by atoms with Crippen molar-refractivity contribution in [3.8, 4) is 0 Å². The van der Waals surface area contributed by atoms with Crippen LogP contribution in [0.2, 0.25) is 10.0 Å². The van der Waals surface area contributed by atoms with E-state index in [9.17, 15) is 0 Å². The zero-order valence-corrected chi connectivity index (χ0v) is 10.8. The van der Waals surface area contributed by atoms with Crippen LogP contribution in [0.3, 0.4) is 0 Å². The molecule has 0 aromatic heterocycles. The Labute approximate surface area is 111 Å². The number of epoxide rings is 2. The summed E-state index contributed by atoms with van der Waals surface area (Å²) in [6, 6.07) is 7.19. The third-order valence-electron chi connectivity index (χ3n) is 2.24. The molecule has 5 heteroatoms. The Morgan fingerprint density at radius 1 is 1.00 bits per heavy atom. The summed E-state index contributed by atoms with van der Waals surface area (Å²) in [4.78, 5) is 0. The van der Waals surface area contributed by atoms with Crippen molar-refractivity contribution in [3.05, 3.63) is 34.3 Å². The van der Waals surface area contributed by atoms with E-state index < -0.39 is 0 Å². The Morgan fingerprint density at radius 3 is 1.71 bits per heavy atom. The minimum Gasteiger partial charge on any atom is -0.376 e. The lowest BCUT2D eigenvalue weighted by molar-refractivity contribution is 0.102. The van der Waals surface area contributed by atoms with Crippen LogP contribution in [0.15, 0.2) is 24.3 Å². The summed E-state index contributed by atoms with van der Waals surface area (Å²) in [5, 5.41) is 1.21. The SMILES string of the molecule is C(OCC1CO1)C1CO1.Clc1ccccc1Cl. The molecule has 2 saturated heterocycles. The fraction of sp³-hybridized carbons (Fsp3) is 0.500. The molecule has 0 radical (unpaired) electrons. The fourth-order valence-corrected chi connectivity index (χ4v) is 1.37. The molecule has 3 rings (SSSR count). The summed E-state index contributed by atoms with van der Waals surface area (Å²) in [5.41, 5.74) is 0. The van der Waals surface area contributed by atoms with E-state index in [1.54, 1.807) is 12.1 Å². The van der Waals surface area contributed by atoms with Gasteiger partial charge >= 0.3 is 0 Å². The van der Waals surface area contributed by atoms with Crippen molar-refractivity contribution in [1.29, 1.82) is 0 Å². The van der Waals surface area contributed by atoms with Crippen LogP contribution in [0.1, 0.15) is 0 Å². The maximum atomic E-state index is 5.58. The fourth-order valence-electron chi connectivity index (χ4n) is 1.10. The molecule has 2 heterocycles. The lowest BCUT2D eigenvalue weighted by Gasteiger charge is -1.95. The lowest BCUT2D eigenvalue weighted by Crippen LogP contribution is -2.06. The Hall–Kier alpha value is -0.320. The van der Waals surface area contributed by atoms with E-state index in [2.05, 4.69) is 0 Å². The predicted octanol–water partition coefficient (Wildman–Crippen LogP) is 2.79. The van der Waals surface area contributed by atoms with Crippen molar-refractivity contribution in [2.45, 2.75) is 12.2 Å². The number of rotatable bonds is 4. The van der Waals surface area contributed by atoms with Crippen molar-refractivity contribution in [1.82, 2.24) is 0 Å². The van der Waals surface area contributed by atoms with E-state index in [1.807, 2.05) is 12.1 Å². The van der Waals surface area contributed by atoms with Gasteiger partial charge in [0.2, 0.25) is 0 Å². The van der Waals surface area contributed by atoms with Gasteiger partial charge in [-0.25, -0.2) is 0 Å². The molecular formula is C12H14Cl2O3. The van der Waals surface area contributed by atoms with E-state index >= 15 is 0 Å². The molecule has 0 aliphatic carbocycles.